The van der Waals surface area contributed by atoms with Crippen LogP contribution in [0.5, 0.6) is 11.5 Å². The van der Waals surface area contributed by atoms with Crippen LogP contribution in [0.15, 0.2) is 40.9 Å². The lowest BCUT2D eigenvalue weighted by molar-refractivity contribution is 0.471. The van der Waals surface area contributed by atoms with E-state index in [1.807, 2.05) is 37.3 Å². The Balaban J connectivity index is 2.37. The van der Waals surface area contributed by atoms with Crippen LogP contribution < -0.4 is 10.5 Å². The maximum Gasteiger partial charge on any atom is 0.132 e. The van der Waals surface area contributed by atoms with Crippen molar-refractivity contribution < 1.29 is 4.74 Å². The van der Waals surface area contributed by atoms with Crippen LogP contribution in [0.3, 0.4) is 0 Å². The van der Waals surface area contributed by atoms with Crippen molar-refractivity contribution >= 4 is 15.9 Å². The first-order chi connectivity index (χ1) is 8.95. The molecule has 0 heterocycles. The van der Waals surface area contributed by atoms with Gasteiger partial charge in [0.1, 0.15) is 11.5 Å². The van der Waals surface area contributed by atoms with Crippen molar-refractivity contribution in [3.05, 3.63) is 57.6 Å². The molecule has 100 valence electrons. The number of ether oxygens (including phenoxy) is 1. The van der Waals surface area contributed by atoms with Crippen LogP contribution in [0.25, 0.3) is 0 Å². The second kappa shape index (κ2) is 5.76. The first-order valence-corrected chi connectivity index (χ1v) is 7.06. The Bertz CT molecular complexity index is 573. The van der Waals surface area contributed by atoms with Gasteiger partial charge in [0.25, 0.3) is 0 Å². The lowest BCUT2D eigenvalue weighted by Crippen LogP contribution is -2.06. The first-order valence-electron chi connectivity index (χ1n) is 6.27. The minimum atomic E-state index is -0.0709. The molecule has 19 heavy (non-hydrogen) atoms. The number of hydrogen-bond acceptors (Lipinski definition) is 2. The summed E-state index contributed by atoms with van der Waals surface area (Å²) in [6, 6.07) is 12.0. The van der Waals surface area contributed by atoms with Gasteiger partial charge < -0.3 is 10.5 Å². The van der Waals surface area contributed by atoms with E-state index in [-0.39, 0.29) is 6.04 Å². The molecule has 2 N–H and O–H groups in total. The van der Waals surface area contributed by atoms with Crippen LogP contribution in [0.2, 0.25) is 0 Å². The molecule has 0 saturated carbocycles. The van der Waals surface area contributed by atoms with E-state index in [0.717, 1.165) is 21.5 Å². The van der Waals surface area contributed by atoms with Crippen LogP contribution >= 0.6 is 15.9 Å². The molecular weight excluding hydrogens is 302 g/mol. The molecule has 0 fully saturated rings. The summed E-state index contributed by atoms with van der Waals surface area (Å²) in [5.41, 5.74) is 9.37. The Hall–Kier alpha value is -1.32. The van der Waals surface area contributed by atoms with E-state index in [1.165, 1.54) is 11.1 Å². The van der Waals surface area contributed by atoms with Gasteiger partial charge in [0.2, 0.25) is 0 Å². The van der Waals surface area contributed by atoms with E-state index in [1.54, 1.807) is 0 Å². The highest BCUT2D eigenvalue weighted by atomic mass is 79.9. The molecule has 0 spiro atoms. The van der Waals surface area contributed by atoms with Crippen LogP contribution in [-0.4, -0.2) is 0 Å². The number of aryl methyl sites for hydroxylation is 2. The lowest BCUT2D eigenvalue weighted by atomic mass is 10.1. The summed E-state index contributed by atoms with van der Waals surface area (Å²) in [5.74, 6) is 1.66. The number of nitrogens with two attached hydrogens (primary N) is 1. The predicted molar refractivity (Wildman–Crippen MR) is 82.7 cm³/mol. The zero-order valence-electron chi connectivity index (χ0n) is 11.4. The van der Waals surface area contributed by atoms with Crippen molar-refractivity contribution in [3.63, 3.8) is 0 Å². The maximum atomic E-state index is 6.00. The molecule has 3 heteroatoms. The summed E-state index contributed by atoms with van der Waals surface area (Å²) in [6.07, 6.45) is 0. The maximum absolute atomic E-state index is 6.00. The molecular formula is C16H18BrNO. The number of rotatable bonds is 3. The fraction of sp³-hybridized carbons (Fsp3) is 0.250. The van der Waals surface area contributed by atoms with Crippen molar-refractivity contribution in [2.45, 2.75) is 26.8 Å². The Morgan fingerprint density at radius 2 is 1.68 bits per heavy atom. The molecule has 0 aliphatic rings. The van der Waals surface area contributed by atoms with Gasteiger partial charge in [0.05, 0.1) is 0 Å². The summed E-state index contributed by atoms with van der Waals surface area (Å²) >= 11 is 3.46. The van der Waals surface area contributed by atoms with Gasteiger partial charge in [-0.25, -0.2) is 0 Å². The molecule has 2 nitrogen and oxygen atoms in total. The Morgan fingerprint density at radius 3 is 2.26 bits per heavy atom. The molecule has 1 unspecified atom stereocenters. The molecule has 0 aliphatic heterocycles. The van der Waals surface area contributed by atoms with E-state index >= 15 is 0 Å². The standard InChI is InChI=1S/C16H18BrNO/c1-10-6-11(2)8-14(7-10)19-16-5-4-13(17)9-15(16)12(3)18/h4-9,12H,18H2,1-3H3. The molecule has 0 amide bonds. The SMILES string of the molecule is Cc1cc(C)cc(Oc2ccc(Br)cc2C(C)N)c1. The molecule has 2 rings (SSSR count). The highest BCUT2D eigenvalue weighted by molar-refractivity contribution is 9.10. The average Bonchev–Trinajstić information content (AvgIpc) is 2.30. The molecule has 2 aromatic rings. The van der Waals surface area contributed by atoms with Crippen LogP contribution in [0.1, 0.15) is 29.7 Å². The zero-order valence-corrected chi connectivity index (χ0v) is 13.0. The molecule has 0 aliphatic carbocycles. The normalized spacial score (nSPS) is 12.3. The van der Waals surface area contributed by atoms with Gasteiger partial charge in [-0.1, -0.05) is 22.0 Å². The van der Waals surface area contributed by atoms with Crippen molar-refractivity contribution in [3.8, 4) is 11.5 Å². The van der Waals surface area contributed by atoms with Gasteiger partial charge in [-0.15, -0.1) is 0 Å². The van der Waals surface area contributed by atoms with Gasteiger partial charge in [-0.3, -0.25) is 0 Å². The van der Waals surface area contributed by atoms with Gasteiger partial charge in [-0.05, 0) is 62.2 Å². The highest BCUT2D eigenvalue weighted by Gasteiger charge is 2.10. The molecule has 0 saturated heterocycles. The van der Waals surface area contributed by atoms with Crippen molar-refractivity contribution in [2.24, 2.45) is 5.73 Å². The molecule has 1 atom stereocenters. The minimum absolute atomic E-state index is 0.0709. The molecule has 0 bridgehead atoms. The second-order valence-corrected chi connectivity index (χ2v) is 5.81. The van der Waals surface area contributed by atoms with Crippen LogP contribution in [0, 0.1) is 13.8 Å². The van der Waals surface area contributed by atoms with Gasteiger partial charge >= 0.3 is 0 Å². The number of benzene rings is 2. The average molecular weight is 320 g/mol. The molecule has 2 aromatic carbocycles. The number of halogens is 1. The second-order valence-electron chi connectivity index (χ2n) is 4.90. The van der Waals surface area contributed by atoms with E-state index in [4.69, 9.17) is 10.5 Å². The number of hydrogen-bond donors (Lipinski definition) is 1. The van der Waals surface area contributed by atoms with E-state index in [0.29, 0.717) is 0 Å². The Kier molecular flexibility index (Phi) is 4.27. The van der Waals surface area contributed by atoms with Crippen molar-refractivity contribution in [1.82, 2.24) is 0 Å². The first kappa shape index (κ1) is 14.1. The summed E-state index contributed by atoms with van der Waals surface area (Å²) in [7, 11) is 0. The predicted octanol–water partition coefficient (Wildman–Crippen LogP) is 4.88. The fourth-order valence-electron chi connectivity index (χ4n) is 2.09. The van der Waals surface area contributed by atoms with Crippen LogP contribution in [0.4, 0.5) is 0 Å². The van der Waals surface area contributed by atoms with E-state index in [2.05, 4.69) is 35.8 Å². The van der Waals surface area contributed by atoms with E-state index < -0.39 is 0 Å². The topological polar surface area (TPSA) is 35.2 Å². The fourth-order valence-corrected chi connectivity index (χ4v) is 2.47. The Morgan fingerprint density at radius 1 is 1.05 bits per heavy atom. The summed E-state index contributed by atoms with van der Waals surface area (Å²) in [6.45, 7) is 6.08. The quantitative estimate of drug-likeness (QED) is 0.875. The summed E-state index contributed by atoms with van der Waals surface area (Å²) in [5, 5.41) is 0. The zero-order chi connectivity index (χ0) is 14.0. The third kappa shape index (κ3) is 3.58. The minimum Gasteiger partial charge on any atom is -0.457 e. The molecule has 0 aromatic heterocycles. The smallest absolute Gasteiger partial charge is 0.132 e. The third-order valence-corrected chi connectivity index (χ3v) is 3.38. The van der Waals surface area contributed by atoms with Crippen LogP contribution in [-0.2, 0) is 0 Å². The monoisotopic (exact) mass is 319 g/mol. The largest absolute Gasteiger partial charge is 0.457 e. The van der Waals surface area contributed by atoms with Gasteiger partial charge in [0.15, 0.2) is 0 Å². The Labute approximate surface area is 122 Å². The summed E-state index contributed by atoms with van der Waals surface area (Å²) in [4.78, 5) is 0. The molecule has 0 radical (unpaired) electrons. The van der Waals surface area contributed by atoms with Gasteiger partial charge in [0, 0.05) is 16.1 Å². The third-order valence-electron chi connectivity index (χ3n) is 2.89. The lowest BCUT2D eigenvalue weighted by Gasteiger charge is -2.15. The van der Waals surface area contributed by atoms with Crippen molar-refractivity contribution in [2.75, 3.05) is 0 Å². The summed E-state index contributed by atoms with van der Waals surface area (Å²) < 4.78 is 6.99. The van der Waals surface area contributed by atoms with E-state index in [9.17, 15) is 0 Å². The highest BCUT2D eigenvalue weighted by Crippen LogP contribution is 2.32. The van der Waals surface area contributed by atoms with Crippen molar-refractivity contribution in [1.29, 1.82) is 0 Å². The van der Waals surface area contributed by atoms with Gasteiger partial charge in [-0.2, -0.15) is 0 Å².